The SMILES string of the molecule is CN(Cc1ccccc1F)C(=O)NCc1ccc(CN2CCCCC2)cc1. The molecule has 2 aromatic carbocycles. The quantitative estimate of drug-likeness (QED) is 0.830. The molecule has 1 heterocycles. The smallest absolute Gasteiger partial charge is 0.317 e. The molecule has 1 saturated heterocycles. The molecule has 0 spiro atoms. The molecule has 1 fully saturated rings. The van der Waals surface area contributed by atoms with Gasteiger partial charge in [0.25, 0.3) is 0 Å². The minimum atomic E-state index is -0.290. The van der Waals surface area contributed by atoms with E-state index in [1.807, 2.05) is 0 Å². The van der Waals surface area contributed by atoms with Crippen LogP contribution in [0.5, 0.6) is 0 Å². The number of rotatable bonds is 6. The molecule has 0 bridgehead atoms. The van der Waals surface area contributed by atoms with E-state index in [2.05, 4.69) is 34.5 Å². The van der Waals surface area contributed by atoms with Crippen molar-refractivity contribution in [3.8, 4) is 0 Å². The maximum absolute atomic E-state index is 13.7. The van der Waals surface area contributed by atoms with Gasteiger partial charge in [0.15, 0.2) is 0 Å². The molecule has 0 radical (unpaired) electrons. The molecule has 27 heavy (non-hydrogen) atoms. The number of nitrogens with one attached hydrogen (secondary N) is 1. The van der Waals surface area contributed by atoms with Gasteiger partial charge in [-0.15, -0.1) is 0 Å². The normalized spacial score (nSPS) is 14.7. The summed E-state index contributed by atoms with van der Waals surface area (Å²) in [6, 6.07) is 14.7. The predicted molar refractivity (Wildman–Crippen MR) is 106 cm³/mol. The first kappa shape index (κ1) is 19.4. The highest BCUT2D eigenvalue weighted by atomic mass is 19.1. The number of hydrogen-bond donors (Lipinski definition) is 1. The van der Waals surface area contributed by atoms with Gasteiger partial charge in [-0.25, -0.2) is 9.18 Å². The van der Waals surface area contributed by atoms with Crippen LogP contribution in [0, 0.1) is 5.82 Å². The molecule has 2 amide bonds. The van der Waals surface area contributed by atoms with E-state index in [1.54, 1.807) is 25.2 Å². The standard InChI is InChI=1S/C22H28FN3O/c1-25(17-20-7-3-4-8-21(20)23)22(27)24-15-18-9-11-19(12-10-18)16-26-13-5-2-6-14-26/h3-4,7-12H,2,5-6,13-17H2,1H3,(H,24,27). The van der Waals surface area contributed by atoms with Crippen LogP contribution in [0.3, 0.4) is 0 Å². The summed E-state index contributed by atoms with van der Waals surface area (Å²) in [7, 11) is 1.67. The number of amides is 2. The lowest BCUT2D eigenvalue weighted by molar-refractivity contribution is 0.206. The van der Waals surface area contributed by atoms with Gasteiger partial charge in [-0.05, 0) is 43.1 Å². The minimum absolute atomic E-state index is 0.212. The average Bonchev–Trinajstić information content (AvgIpc) is 2.69. The van der Waals surface area contributed by atoms with E-state index in [0.717, 1.165) is 12.1 Å². The predicted octanol–water partition coefficient (Wildman–Crippen LogP) is 4.15. The molecule has 1 aliphatic heterocycles. The topological polar surface area (TPSA) is 35.6 Å². The molecule has 144 valence electrons. The molecule has 0 unspecified atom stereocenters. The van der Waals surface area contributed by atoms with E-state index < -0.39 is 0 Å². The third-order valence-corrected chi connectivity index (χ3v) is 5.03. The van der Waals surface area contributed by atoms with Crippen molar-refractivity contribution in [2.24, 2.45) is 0 Å². The third-order valence-electron chi connectivity index (χ3n) is 5.03. The Bertz CT molecular complexity index is 741. The molecule has 4 nitrogen and oxygen atoms in total. The van der Waals surface area contributed by atoms with Gasteiger partial charge in [-0.2, -0.15) is 0 Å². The van der Waals surface area contributed by atoms with Crippen LogP contribution in [0.25, 0.3) is 0 Å². The maximum atomic E-state index is 13.7. The second-order valence-electron chi connectivity index (χ2n) is 7.26. The van der Waals surface area contributed by atoms with Crippen LogP contribution >= 0.6 is 0 Å². The fraction of sp³-hybridized carbons (Fsp3) is 0.409. The van der Waals surface area contributed by atoms with Gasteiger partial charge in [-0.1, -0.05) is 48.9 Å². The van der Waals surface area contributed by atoms with Crippen LogP contribution in [0.1, 0.15) is 36.0 Å². The minimum Gasteiger partial charge on any atom is -0.334 e. The van der Waals surface area contributed by atoms with E-state index in [0.29, 0.717) is 12.1 Å². The number of urea groups is 1. The summed E-state index contributed by atoms with van der Waals surface area (Å²) >= 11 is 0. The Hall–Kier alpha value is -2.40. The zero-order chi connectivity index (χ0) is 19.1. The number of piperidine rings is 1. The van der Waals surface area contributed by atoms with Gasteiger partial charge in [0, 0.05) is 32.2 Å². The number of likely N-dealkylation sites (tertiary alicyclic amines) is 1. The molecule has 0 aliphatic carbocycles. The highest BCUT2D eigenvalue weighted by Crippen LogP contribution is 2.14. The average molecular weight is 369 g/mol. The van der Waals surface area contributed by atoms with E-state index >= 15 is 0 Å². The van der Waals surface area contributed by atoms with Crippen LogP contribution in [0.4, 0.5) is 9.18 Å². The van der Waals surface area contributed by atoms with Crippen LogP contribution in [0.2, 0.25) is 0 Å². The molecule has 0 aromatic heterocycles. The largest absolute Gasteiger partial charge is 0.334 e. The number of nitrogens with zero attached hydrogens (tertiary/aromatic N) is 2. The summed E-state index contributed by atoms with van der Waals surface area (Å²) in [5.74, 6) is -0.290. The summed E-state index contributed by atoms with van der Waals surface area (Å²) in [5, 5.41) is 2.89. The van der Waals surface area contributed by atoms with Crippen molar-refractivity contribution in [2.45, 2.75) is 38.9 Å². The van der Waals surface area contributed by atoms with Gasteiger partial charge in [0.05, 0.1) is 0 Å². The van der Waals surface area contributed by atoms with Crippen molar-refractivity contribution >= 4 is 6.03 Å². The lowest BCUT2D eigenvalue weighted by Gasteiger charge is -2.26. The highest BCUT2D eigenvalue weighted by Gasteiger charge is 2.12. The Labute approximate surface area is 161 Å². The summed E-state index contributed by atoms with van der Waals surface area (Å²) in [5.41, 5.74) is 2.88. The first-order chi connectivity index (χ1) is 13.1. The van der Waals surface area contributed by atoms with Gasteiger partial charge < -0.3 is 10.2 Å². The van der Waals surface area contributed by atoms with E-state index in [1.165, 1.54) is 48.9 Å². The number of hydrogen-bond acceptors (Lipinski definition) is 2. The van der Waals surface area contributed by atoms with Crippen molar-refractivity contribution in [3.63, 3.8) is 0 Å². The van der Waals surface area contributed by atoms with Crippen LogP contribution in [0.15, 0.2) is 48.5 Å². The Balaban J connectivity index is 1.46. The van der Waals surface area contributed by atoms with Crippen molar-refractivity contribution in [3.05, 3.63) is 71.0 Å². The van der Waals surface area contributed by atoms with E-state index in [9.17, 15) is 9.18 Å². The molecular formula is C22H28FN3O. The van der Waals surface area contributed by atoms with Crippen molar-refractivity contribution in [2.75, 3.05) is 20.1 Å². The highest BCUT2D eigenvalue weighted by molar-refractivity contribution is 5.73. The monoisotopic (exact) mass is 369 g/mol. The third kappa shape index (κ3) is 5.79. The fourth-order valence-corrected chi connectivity index (χ4v) is 3.40. The Morgan fingerprint density at radius 2 is 1.70 bits per heavy atom. The molecular weight excluding hydrogens is 341 g/mol. The Kier molecular flexibility index (Phi) is 6.82. The fourth-order valence-electron chi connectivity index (χ4n) is 3.40. The summed E-state index contributed by atoms with van der Waals surface area (Å²) in [6.07, 6.45) is 3.94. The molecule has 0 saturated carbocycles. The van der Waals surface area contributed by atoms with Gasteiger partial charge in [-0.3, -0.25) is 4.90 Å². The molecule has 0 atom stereocenters. The Morgan fingerprint density at radius 1 is 1.04 bits per heavy atom. The van der Waals surface area contributed by atoms with Crippen molar-refractivity contribution in [1.82, 2.24) is 15.1 Å². The van der Waals surface area contributed by atoms with Crippen molar-refractivity contribution < 1.29 is 9.18 Å². The molecule has 3 rings (SSSR count). The van der Waals surface area contributed by atoms with Gasteiger partial charge in [0.1, 0.15) is 5.82 Å². The summed E-state index contributed by atoms with van der Waals surface area (Å²) in [4.78, 5) is 16.2. The summed E-state index contributed by atoms with van der Waals surface area (Å²) < 4.78 is 13.7. The van der Waals surface area contributed by atoms with Crippen LogP contribution in [-0.2, 0) is 19.6 Å². The number of halogens is 1. The molecule has 1 N–H and O–H groups in total. The molecule has 1 aliphatic rings. The first-order valence-corrected chi connectivity index (χ1v) is 9.64. The first-order valence-electron chi connectivity index (χ1n) is 9.64. The van der Waals surface area contributed by atoms with E-state index in [-0.39, 0.29) is 18.4 Å². The van der Waals surface area contributed by atoms with E-state index in [4.69, 9.17) is 0 Å². The zero-order valence-corrected chi connectivity index (χ0v) is 16.0. The number of benzene rings is 2. The van der Waals surface area contributed by atoms with Gasteiger partial charge in [0.2, 0.25) is 0 Å². The number of carbonyl (C=O) groups is 1. The van der Waals surface area contributed by atoms with Gasteiger partial charge >= 0.3 is 6.03 Å². The second kappa shape index (κ2) is 9.51. The molecule has 2 aromatic rings. The molecule has 5 heteroatoms. The lowest BCUT2D eigenvalue weighted by atomic mass is 10.1. The lowest BCUT2D eigenvalue weighted by Crippen LogP contribution is -2.36. The van der Waals surface area contributed by atoms with Crippen LogP contribution < -0.4 is 5.32 Å². The maximum Gasteiger partial charge on any atom is 0.317 e. The second-order valence-corrected chi connectivity index (χ2v) is 7.26. The van der Waals surface area contributed by atoms with Crippen LogP contribution in [-0.4, -0.2) is 36.0 Å². The zero-order valence-electron chi connectivity index (χ0n) is 16.0. The number of carbonyl (C=O) groups excluding carboxylic acids is 1. The van der Waals surface area contributed by atoms with Crippen molar-refractivity contribution in [1.29, 1.82) is 0 Å². The summed E-state index contributed by atoms with van der Waals surface area (Å²) in [6.45, 7) is 4.08. The Morgan fingerprint density at radius 3 is 2.41 bits per heavy atom.